The van der Waals surface area contributed by atoms with Gasteiger partial charge in [-0.2, -0.15) is 0 Å². The van der Waals surface area contributed by atoms with E-state index in [0.29, 0.717) is 17.1 Å². The molecule has 2 rings (SSSR count). The van der Waals surface area contributed by atoms with Crippen molar-refractivity contribution in [3.63, 3.8) is 0 Å². The van der Waals surface area contributed by atoms with Crippen LogP contribution in [-0.2, 0) is 4.84 Å². The summed E-state index contributed by atoms with van der Waals surface area (Å²) >= 11 is 0. The number of hydrogen-bond acceptors (Lipinski definition) is 6. The fraction of sp³-hybridized carbons (Fsp3) is 0.231. The van der Waals surface area contributed by atoms with Crippen LogP contribution >= 0.6 is 0 Å². The molecule has 2 aromatic rings. The van der Waals surface area contributed by atoms with E-state index in [1.165, 1.54) is 38.7 Å². The largest absolute Gasteiger partial charge is 0.573 e. The number of alkyl halides is 3. The first-order valence-corrected chi connectivity index (χ1v) is 5.98. The molecule has 0 saturated heterocycles. The van der Waals surface area contributed by atoms with Crippen molar-refractivity contribution in [3.05, 3.63) is 30.6 Å². The summed E-state index contributed by atoms with van der Waals surface area (Å²) in [6.45, 7) is 0. The maximum Gasteiger partial charge on any atom is 0.573 e. The fourth-order valence-electron chi connectivity index (χ4n) is 1.70. The van der Waals surface area contributed by atoms with E-state index in [2.05, 4.69) is 25.0 Å². The van der Waals surface area contributed by atoms with E-state index in [4.69, 9.17) is 4.74 Å². The number of methoxy groups -OCH3 is 1. The van der Waals surface area contributed by atoms with Crippen LogP contribution in [0.4, 0.5) is 19.0 Å². The van der Waals surface area contributed by atoms with E-state index < -0.39 is 6.36 Å². The number of hydrogen-bond donors (Lipinski definition) is 1. The lowest BCUT2D eigenvalue weighted by molar-refractivity contribution is -0.274. The highest BCUT2D eigenvalue weighted by Crippen LogP contribution is 2.34. The Morgan fingerprint density at radius 2 is 1.86 bits per heavy atom. The number of benzene rings is 1. The maximum atomic E-state index is 12.2. The van der Waals surface area contributed by atoms with E-state index in [0.717, 1.165) is 6.07 Å². The van der Waals surface area contributed by atoms with Gasteiger partial charge in [-0.15, -0.1) is 13.2 Å². The van der Waals surface area contributed by atoms with Gasteiger partial charge in [0, 0.05) is 11.6 Å². The molecule has 0 saturated carbocycles. The van der Waals surface area contributed by atoms with Gasteiger partial charge in [0.1, 0.15) is 11.5 Å². The Bertz CT molecular complexity index is 633. The zero-order chi connectivity index (χ0) is 16.2. The zero-order valence-electron chi connectivity index (χ0n) is 11.6. The molecule has 0 bridgehead atoms. The molecule has 1 aromatic carbocycles. The molecule has 1 heterocycles. The van der Waals surface area contributed by atoms with Crippen LogP contribution in [0, 0.1) is 0 Å². The molecule has 9 heteroatoms. The molecule has 0 amide bonds. The Balaban J connectivity index is 2.30. The Morgan fingerprint density at radius 1 is 1.09 bits per heavy atom. The molecule has 0 aliphatic heterocycles. The number of ether oxygens (including phenoxy) is 2. The standard InChI is InChI=1S/C13H12F3N3O3/c1-20-11-5-8(22-13(14,15)16)3-4-9(11)10-6-18-12(7-17-10)19-21-2/h3-7H,1-2H3,(H,18,19). The molecule has 1 aromatic heterocycles. The van der Waals surface area contributed by atoms with Crippen LogP contribution in [0.3, 0.4) is 0 Å². The van der Waals surface area contributed by atoms with Gasteiger partial charge in [-0.1, -0.05) is 0 Å². The molecule has 22 heavy (non-hydrogen) atoms. The van der Waals surface area contributed by atoms with Gasteiger partial charge < -0.3 is 9.47 Å². The molecule has 0 radical (unpaired) electrons. The topological polar surface area (TPSA) is 65.5 Å². The molecule has 1 N–H and O–H groups in total. The lowest BCUT2D eigenvalue weighted by Gasteiger charge is -2.12. The molecule has 0 unspecified atom stereocenters. The van der Waals surface area contributed by atoms with Crippen molar-refractivity contribution < 1.29 is 27.5 Å². The summed E-state index contributed by atoms with van der Waals surface area (Å²) in [5.74, 6) is 0.199. The molecule has 118 valence electrons. The first-order chi connectivity index (χ1) is 10.4. The first kappa shape index (κ1) is 15.8. The lowest BCUT2D eigenvalue weighted by Crippen LogP contribution is -2.17. The van der Waals surface area contributed by atoms with Crippen molar-refractivity contribution in [2.45, 2.75) is 6.36 Å². The summed E-state index contributed by atoms with van der Waals surface area (Å²) < 4.78 is 45.6. The van der Waals surface area contributed by atoms with Crippen molar-refractivity contribution in [1.29, 1.82) is 0 Å². The number of nitrogens with zero attached hydrogens (tertiary/aromatic N) is 2. The summed E-state index contributed by atoms with van der Waals surface area (Å²) in [5.41, 5.74) is 3.41. The van der Waals surface area contributed by atoms with Crippen LogP contribution in [0.1, 0.15) is 0 Å². The average Bonchev–Trinajstić information content (AvgIpc) is 2.47. The van der Waals surface area contributed by atoms with Crippen LogP contribution in [-0.4, -0.2) is 30.5 Å². The monoisotopic (exact) mass is 315 g/mol. The van der Waals surface area contributed by atoms with E-state index in [9.17, 15) is 13.2 Å². The number of rotatable bonds is 5. The Morgan fingerprint density at radius 3 is 2.41 bits per heavy atom. The molecule has 0 spiro atoms. The minimum Gasteiger partial charge on any atom is -0.496 e. The third-order valence-electron chi connectivity index (χ3n) is 2.54. The summed E-state index contributed by atoms with van der Waals surface area (Å²) in [6, 6.07) is 3.72. The fourth-order valence-corrected chi connectivity index (χ4v) is 1.70. The SMILES string of the molecule is CONc1cnc(-c2ccc(OC(F)(F)F)cc2OC)cn1. The molecular formula is C13H12F3N3O3. The Kier molecular flexibility index (Phi) is 4.66. The number of halogens is 3. The number of anilines is 1. The van der Waals surface area contributed by atoms with Crippen LogP contribution in [0.15, 0.2) is 30.6 Å². The van der Waals surface area contributed by atoms with E-state index >= 15 is 0 Å². The van der Waals surface area contributed by atoms with Crippen molar-refractivity contribution in [2.24, 2.45) is 0 Å². The summed E-state index contributed by atoms with van der Waals surface area (Å²) in [7, 11) is 2.77. The van der Waals surface area contributed by atoms with E-state index in [1.54, 1.807) is 0 Å². The quantitative estimate of drug-likeness (QED) is 0.856. The second-order valence-corrected chi connectivity index (χ2v) is 4.00. The van der Waals surface area contributed by atoms with Gasteiger partial charge in [0.05, 0.1) is 32.3 Å². The normalized spacial score (nSPS) is 11.1. The smallest absolute Gasteiger partial charge is 0.496 e. The Hall–Kier alpha value is -2.55. The molecule has 0 aliphatic carbocycles. The summed E-state index contributed by atoms with van der Waals surface area (Å²) in [6.07, 6.45) is -1.91. The van der Waals surface area contributed by atoms with Crippen molar-refractivity contribution in [3.8, 4) is 22.8 Å². The zero-order valence-corrected chi connectivity index (χ0v) is 11.6. The minimum absolute atomic E-state index is 0.184. The van der Waals surface area contributed by atoms with Gasteiger partial charge in [0.2, 0.25) is 0 Å². The number of aromatic nitrogens is 2. The van der Waals surface area contributed by atoms with Gasteiger partial charge in [-0.05, 0) is 12.1 Å². The second-order valence-electron chi connectivity index (χ2n) is 4.00. The third-order valence-corrected chi connectivity index (χ3v) is 2.54. The maximum absolute atomic E-state index is 12.2. The molecular weight excluding hydrogens is 303 g/mol. The highest BCUT2D eigenvalue weighted by atomic mass is 19.4. The van der Waals surface area contributed by atoms with Gasteiger partial charge >= 0.3 is 6.36 Å². The van der Waals surface area contributed by atoms with Gasteiger partial charge in [-0.25, -0.2) is 10.5 Å². The van der Waals surface area contributed by atoms with Crippen LogP contribution in [0.5, 0.6) is 11.5 Å². The van der Waals surface area contributed by atoms with Crippen molar-refractivity contribution in [2.75, 3.05) is 19.7 Å². The average molecular weight is 315 g/mol. The predicted octanol–water partition coefficient (Wildman–Crippen LogP) is 3.02. The van der Waals surface area contributed by atoms with Crippen molar-refractivity contribution >= 4 is 5.82 Å². The summed E-state index contributed by atoms with van der Waals surface area (Å²) in [4.78, 5) is 12.8. The van der Waals surface area contributed by atoms with E-state index in [-0.39, 0.29) is 11.5 Å². The highest BCUT2D eigenvalue weighted by Gasteiger charge is 2.31. The highest BCUT2D eigenvalue weighted by molar-refractivity contribution is 5.68. The van der Waals surface area contributed by atoms with Gasteiger partial charge in [-0.3, -0.25) is 9.82 Å². The van der Waals surface area contributed by atoms with Crippen LogP contribution in [0.2, 0.25) is 0 Å². The second kappa shape index (κ2) is 6.48. The van der Waals surface area contributed by atoms with Crippen LogP contribution < -0.4 is 15.0 Å². The molecule has 0 fully saturated rings. The lowest BCUT2D eigenvalue weighted by atomic mass is 10.1. The number of nitrogens with one attached hydrogen (secondary N) is 1. The summed E-state index contributed by atoms with van der Waals surface area (Å²) in [5, 5.41) is 0. The Labute approximate surface area is 123 Å². The van der Waals surface area contributed by atoms with Crippen LogP contribution in [0.25, 0.3) is 11.3 Å². The van der Waals surface area contributed by atoms with Crippen molar-refractivity contribution in [1.82, 2.24) is 9.97 Å². The molecule has 6 nitrogen and oxygen atoms in total. The van der Waals surface area contributed by atoms with Gasteiger partial charge in [0.25, 0.3) is 0 Å². The third kappa shape index (κ3) is 3.98. The molecule has 0 aliphatic rings. The van der Waals surface area contributed by atoms with E-state index in [1.807, 2.05) is 0 Å². The predicted molar refractivity (Wildman–Crippen MR) is 71.3 cm³/mol. The van der Waals surface area contributed by atoms with Gasteiger partial charge in [0.15, 0.2) is 5.82 Å². The first-order valence-electron chi connectivity index (χ1n) is 5.98. The minimum atomic E-state index is -4.76. The molecule has 0 atom stereocenters.